The highest BCUT2D eigenvalue weighted by Crippen LogP contribution is 2.32. The number of imidazole rings is 1. The van der Waals surface area contributed by atoms with Gasteiger partial charge in [-0.1, -0.05) is 25.3 Å². The summed E-state index contributed by atoms with van der Waals surface area (Å²) in [5.74, 6) is 0.261. The van der Waals surface area contributed by atoms with Gasteiger partial charge in [-0.15, -0.1) is 0 Å². The van der Waals surface area contributed by atoms with Crippen molar-refractivity contribution in [2.24, 2.45) is 5.92 Å². The summed E-state index contributed by atoms with van der Waals surface area (Å²) in [5, 5.41) is 9.15. The van der Waals surface area contributed by atoms with Crippen molar-refractivity contribution >= 4 is 35.0 Å². The predicted molar refractivity (Wildman–Crippen MR) is 171 cm³/mol. The number of benzene rings is 1. The number of aromatic nitrogens is 4. The van der Waals surface area contributed by atoms with Gasteiger partial charge in [0.2, 0.25) is 11.9 Å². The maximum atomic E-state index is 14.9. The van der Waals surface area contributed by atoms with E-state index in [0.717, 1.165) is 25.7 Å². The lowest BCUT2D eigenvalue weighted by atomic mass is 9.91. The molecule has 2 aromatic heterocycles. The summed E-state index contributed by atoms with van der Waals surface area (Å²) >= 11 is 0. The first-order chi connectivity index (χ1) is 21.9. The van der Waals surface area contributed by atoms with Crippen molar-refractivity contribution in [3.8, 4) is 11.4 Å². The lowest BCUT2D eigenvalue weighted by Gasteiger charge is -2.39. The van der Waals surface area contributed by atoms with Gasteiger partial charge in [0.05, 0.1) is 36.2 Å². The molecule has 0 radical (unpaired) electrons. The Balaban J connectivity index is 1.19. The molecule has 2 amide bonds. The minimum Gasteiger partial charge on any atom is -0.378 e. The molecule has 3 aliphatic rings. The average Bonchev–Trinajstić information content (AvgIpc) is 3.57. The molecule has 3 aromatic rings. The second kappa shape index (κ2) is 13.8. The molecule has 2 atom stereocenters. The number of rotatable bonds is 8. The Hall–Kier alpha value is -4.26. The lowest BCUT2D eigenvalue weighted by Crippen LogP contribution is -2.49. The number of carbonyl (C=O) groups excluding carboxylic acids is 2. The fourth-order valence-corrected chi connectivity index (χ4v) is 6.51. The monoisotopic (exact) mass is 619 g/mol. The first kappa shape index (κ1) is 30.8. The van der Waals surface area contributed by atoms with Crippen LogP contribution in [0.5, 0.6) is 0 Å². The van der Waals surface area contributed by atoms with Crippen LogP contribution in [0.25, 0.3) is 11.4 Å². The quantitative estimate of drug-likeness (QED) is 0.292. The van der Waals surface area contributed by atoms with Crippen LogP contribution < -0.4 is 25.8 Å². The molecular weight excluding hydrogens is 577 g/mol. The van der Waals surface area contributed by atoms with Crippen LogP contribution in [-0.2, 0) is 9.53 Å². The van der Waals surface area contributed by atoms with Crippen LogP contribution in [0.2, 0.25) is 0 Å². The van der Waals surface area contributed by atoms with Crippen LogP contribution in [-0.4, -0.2) is 83.7 Å². The van der Waals surface area contributed by atoms with E-state index in [-0.39, 0.29) is 29.7 Å². The molecule has 1 aliphatic carbocycles. The van der Waals surface area contributed by atoms with Crippen molar-refractivity contribution < 1.29 is 18.7 Å². The molecule has 4 heterocycles. The number of morpholine rings is 1. The van der Waals surface area contributed by atoms with Gasteiger partial charge in [0.1, 0.15) is 17.3 Å². The highest BCUT2D eigenvalue weighted by molar-refractivity contribution is 6.04. The van der Waals surface area contributed by atoms with E-state index < -0.39 is 11.7 Å². The Morgan fingerprint density at radius 2 is 1.82 bits per heavy atom. The molecule has 1 saturated carbocycles. The van der Waals surface area contributed by atoms with Gasteiger partial charge in [0.25, 0.3) is 5.91 Å². The summed E-state index contributed by atoms with van der Waals surface area (Å²) in [7, 11) is 1.75. The third-order valence-corrected chi connectivity index (χ3v) is 9.05. The van der Waals surface area contributed by atoms with E-state index in [2.05, 4.69) is 42.7 Å². The number of amides is 2. The van der Waals surface area contributed by atoms with E-state index in [1.54, 1.807) is 25.4 Å². The first-order valence-electron chi connectivity index (χ1n) is 16.0. The SMILES string of the molecule is CNc1nc(-c2c[nH]c(C(=O)Nc3cccc(F)c3N3CCOCC3)n2)cc(N2CC(C(=O)NC3CCCCC3)CCC2C)n1. The maximum Gasteiger partial charge on any atom is 0.291 e. The number of halogens is 1. The number of para-hydroxylation sites is 1. The number of carbonyl (C=O) groups is 2. The van der Waals surface area contributed by atoms with Crippen LogP contribution >= 0.6 is 0 Å². The van der Waals surface area contributed by atoms with Crippen LogP contribution in [0.15, 0.2) is 30.5 Å². The summed E-state index contributed by atoms with van der Waals surface area (Å²) < 4.78 is 20.3. The zero-order valence-corrected chi connectivity index (χ0v) is 25.9. The molecule has 3 fully saturated rings. The third-order valence-electron chi connectivity index (χ3n) is 9.05. The standard InChI is InChI=1S/C32H42FN9O3/c1-20-11-12-21(30(43)36-22-7-4-3-5-8-22)19-42(20)27-17-25(39-32(34-2)40-27)26-18-35-29(37-26)31(44)38-24-10-6-9-23(33)28(24)41-13-15-45-16-14-41/h6,9-10,17-18,20-22H,3-5,7-8,11-16,19H2,1-2H3,(H,35,37)(H,36,43)(H,38,44)(H,34,39,40). The average molecular weight is 620 g/mol. The van der Waals surface area contributed by atoms with Gasteiger partial charge >= 0.3 is 0 Å². The fraction of sp³-hybridized carbons (Fsp3) is 0.531. The van der Waals surface area contributed by atoms with Gasteiger partial charge in [0, 0.05) is 51.0 Å². The number of nitrogens with zero attached hydrogens (tertiary/aromatic N) is 5. The highest BCUT2D eigenvalue weighted by Gasteiger charge is 2.32. The minimum absolute atomic E-state index is 0.0687. The minimum atomic E-state index is -0.499. The van der Waals surface area contributed by atoms with Crippen LogP contribution in [0, 0.1) is 11.7 Å². The molecule has 240 valence electrons. The smallest absolute Gasteiger partial charge is 0.291 e. The first-order valence-corrected chi connectivity index (χ1v) is 16.0. The Morgan fingerprint density at radius 1 is 1.02 bits per heavy atom. The summed E-state index contributed by atoms with van der Waals surface area (Å²) in [4.78, 5) is 47.3. The van der Waals surface area contributed by atoms with Crippen molar-refractivity contribution in [2.75, 3.05) is 60.3 Å². The fourth-order valence-electron chi connectivity index (χ4n) is 6.51. The second-order valence-electron chi connectivity index (χ2n) is 12.1. The van der Waals surface area contributed by atoms with Crippen LogP contribution in [0.3, 0.4) is 0 Å². The highest BCUT2D eigenvalue weighted by atomic mass is 19.1. The van der Waals surface area contributed by atoms with E-state index in [1.807, 2.05) is 11.0 Å². The normalized spacial score (nSPS) is 21.0. The topological polar surface area (TPSA) is 140 Å². The maximum absolute atomic E-state index is 14.9. The van der Waals surface area contributed by atoms with Gasteiger partial charge in [-0.25, -0.2) is 14.4 Å². The van der Waals surface area contributed by atoms with Crippen molar-refractivity contribution in [1.82, 2.24) is 25.3 Å². The summed E-state index contributed by atoms with van der Waals surface area (Å²) in [6.45, 7) is 4.74. The molecule has 0 bridgehead atoms. The Labute approximate surface area is 262 Å². The van der Waals surface area contributed by atoms with E-state index >= 15 is 0 Å². The van der Waals surface area contributed by atoms with Crippen molar-refractivity contribution in [3.63, 3.8) is 0 Å². The summed E-state index contributed by atoms with van der Waals surface area (Å²) in [6, 6.07) is 6.93. The van der Waals surface area contributed by atoms with Gasteiger partial charge in [0.15, 0.2) is 5.82 Å². The van der Waals surface area contributed by atoms with E-state index in [4.69, 9.17) is 9.72 Å². The van der Waals surface area contributed by atoms with E-state index in [1.165, 1.54) is 25.3 Å². The number of hydrogen-bond acceptors (Lipinski definition) is 9. The summed E-state index contributed by atoms with van der Waals surface area (Å²) in [5.41, 5.74) is 1.69. The largest absolute Gasteiger partial charge is 0.378 e. The number of anilines is 4. The third kappa shape index (κ3) is 7.03. The molecule has 2 aliphatic heterocycles. The predicted octanol–water partition coefficient (Wildman–Crippen LogP) is 4.19. The molecule has 1 aromatic carbocycles. The van der Waals surface area contributed by atoms with Crippen molar-refractivity contribution in [3.05, 3.63) is 42.1 Å². The van der Waals surface area contributed by atoms with Gasteiger partial charge in [-0.3, -0.25) is 9.59 Å². The number of H-pyrrole nitrogens is 1. The molecule has 2 unspecified atom stereocenters. The molecule has 6 rings (SSSR count). The number of aromatic amines is 1. The second-order valence-corrected chi connectivity index (χ2v) is 12.1. The van der Waals surface area contributed by atoms with Gasteiger partial charge < -0.3 is 35.5 Å². The number of ether oxygens (including phenoxy) is 1. The molecule has 13 heteroatoms. The van der Waals surface area contributed by atoms with Gasteiger partial charge in [-0.05, 0) is 44.7 Å². The van der Waals surface area contributed by atoms with Gasteiger partial charge in [-0.2, -0.15) is 4.98 Å². The lowest BCUT2D eigenvalue weighted by molar-refractivity contribution is -0.126. The molecule has 0 spiro atoms. The summed E-state index contributed by atoms with van der Waals surface area (Å²) in [6.07, 6.45) is 9.03. The number of piperidine rings is 1. The molecule has 2 saturated heterocycles. The number of hydrogen-bond donors (Lipinski definition) is 4. The molecule has 12 nitrogen and oxygen atoms in total. The molecule has 4 N–H and O–H groups in total. The zero-order valence-electron chi connectivity index (χ0n) is 25.9. The Bertz CT molecular complexity index is 1500. The van der Waals surface area contributed by atoms with Crippen molar-refractivity contribution in [1.29, 1.82) is 0 Å². The molecular formula is C32H42FN9O3. The van der Waals surface area contributed by atoms with E-state index in [0.29, 0.717) is 67.4 Å². The van der Waals surface area contributed by atoms with E-state index in [9.17, 15) is 14.0 Å². The zero-order chi connectivity index (χ0) is 31.3. The van der Waals surface area contributed by atoms with Crippen molar-refractivity contribution in [2.45, 2.75) is 64.0 Å². The van der Waals surface area contributed by atoms with Crippen LogP contribution in [0.4, 0.5) is 27.5 Å². The van der Waals surface area contributed by atoms with Crippen LogP contribution in [0.1, 0.15) is 62.5 Å². The molecule has 45 heavy (non-hydrogen) atoms. The Morgan fingerprint density at radius 3 is 2.60 bits per heavy atom. The Kier molecular flexibility index (Phi) is 9.43. The number of nitrogens with one attached hydrogen (secondary N) is 4.